The maximum absolute atomic E-state index is 13.0. The van der Waals surface area contributed by atoms with Gasteiger partial charge in [0, 0.05) is 5.69 Å². The second-order valence-electron chi connectivity index (χ2n) is 6.96. The number of nitrogens with one attached hydrogen (secondary N) is 2. The number of amides is 4. The quantitative estimate of drug-likeness (QED) is 0.494. The topological polar surface area (TPSA) is 87.7 Å². The van der Waals surface area contributed by atoms with Crippen molar-refractivity contribution in [3.8, 4) is 5.75 Å². The number of urea groups is 1. The molecular weight excluding hydrogens is 425 g/mol. The zero-order chi connectivity index (χ0) is 22.5. The molecule has 0 unspecified atom stereocenters. The van der Waals surface area contributed by atoms with Crippen molar-refractivity contribution in [3.05, 3.63) is 64.6 Å². The molecular formula is C22H21ClFN3O4. The van der Waals surface area contributed by atoms with Gasteiger partial charge in [0.15, 0.2) is 0 Å². The van der Waals surface area contributed by atoms with Gasteiger partial charge in [-0.15, -0.1) is 0 Å². The second-order valence-corrected chi connectivity index (χ2v) is 7.37. The molecule has 0 spiro atoms. The summed E-state index contributed by atoms with van der Waals surface area (Å²) >= 11 is 6.25. The number of hydrogen-bond donors (Lipinski definition) is 2. The van der Waals surface area contributed by atoms with Crippen LogP contribution in [0, 0.1) is 5.82 Å². The number of benzene rings is 2. The third-order valence-electron chi connectivity index (χ3n) is 4.56. The van der Waals surface area contributed by atoms with Crippen molar-refractivity contribution in [2.75, 3.05) is 11.9 Å². The van der Waals surface area contributed by atoms with Gasteiger partial charge in [-0.25, -0.2) is 14.1 Å². The van der Waals surface area contributed by atoms with Gasteiger partial charge in [-0.3, -0.25) is 9.59 Å². The lowest BCUT2D eigenvalue weighted by Crippen LogP contribution is -2.38. The molecule has 2 N–H and O–H groups in total. The molecule has 9 heteroatoms. The smallest absolute Gasteiger partial charge is 0.329 e. The number of carbonyl (C=O) groups excluding carboxylic acids is 3. The fourth-order valence-corrected chi connectivity index (χ4v) is 3.00. The number of hydrogen-bond acceptors (Lipinski definition) is 4. The molecule has 0 radical (unpaired) electrons. The van der Waals surface area contributed by atoms with Crippen molar-refractivity contribution >= 4 is 41.2 Å². The van der Waals surface area contributed by atoms with Gasteiger partial charge in [0.1, 0.15) is 23.8 Å². The Bertz CT molecular complexity index is 1040. The monoisotopic (exact) mass is 445 g/mol. The van der Waals surface area contributed by atoms with E-state index in [1.807, 2.05) is 13.8 Å². The predicted molar refractivity (Wildman–Crippen MR) is 115 cm³/mol. The molecule has 1 aliphatic rings. The summed E-state index contributed by atoms with van der Waals surface area (Å²) < 4.78 is 18.7. The number of imide groups is 1. The highest BCUT2D eigenvalue weighted by Gasteiger charge is 2.34. The maximum atomic E-state index is 13.0. The summed E-state index contributed by atoms with van der Waals surface area (Å²) in [7, 11) is 0. The molecule has 1 heterocycles. The van der Waals surface area contributed by atoms with E-state index in [1.54, 1.807) is 18.2 Å². The average Bonchev–Trinajstić information content (AvgIpc) is 2.99. The normalized spacial score (nSPS) is 15.7. The summed E-state index contributed by atoms with van der Waals surface area (Å²) in [4.78, 5) is 37.7. The minimum atomic E-state index is -0.715. The van der Waals surface area contributed by atoms with Crippen LogP contribution in [0.3, 0.4) is 0 Å². The molecule has 1 saturated heterocycles. The molecule has 31 heavy (non-hydrogen) atoms. The predicted octanol–water partition coefficient (Wildman–Crippen LogP) is 4.19. The molecule has 0 bridgehead atoms. The number of rotatable bonds is 7. The molecule has 1 fully saturated rings. The molecule has 7 nitrogen and oxygen atoms in total. The lowest BCUT2D eigenvalue weighted by Gasteiger charge is -2.14. The number of anilines is 1. The van der Waals surface area contributed by atoms with Crippen LogP contribution in [0.1, 0.15) is 25.8 Å². The Labute approximate surface area is 183 Å². The molecule has 2 aromatic rings. The Morgan fingerprint density at radius 2 is 1.97 bits per heavy atom. The first kappa shape index (κ1) is 22.3. The van der Waals surface area contributed by atoms with Crippen LogP contribution in [-0.2, 0) is 9.59 Å². The largest absolute Gasteiger partial charge is 0.489 e. The van der Waals surface area contributed by atoms with E-state index in [9.17, 15) is 18.8 Å². The number of ether oxygens (including phenoxy) is 1. The van der Waals surface area contributed by atoms with Gasteiger partial charge in [0.25, 0.3) is 5.91 Å². The van der Waals surface area contributed by atoms with Crippen LogP contribution < -0.4 is 15.4 Å². The van der Waals surface area contributed by atoms with Crippen LogP contribution in [0.2, 0.25) is 5.02 Å². The van der Waals surface area contributed by atoms with Gasteiger partial charge in [-0.05, 0) is 61.4 Å². The summed E-state index contributed by atoms with van der Waals surface area (Å²) in [6, 6.07) is 9.44. The van der Waals surface area contributed by atoms with E-state index in [0.29, 0.717) is 22.0 Å². The number of halogens is 2. The van der Waals surface area contributed by atoms with Gasteiger partial charge in [-0.1, -0.05) is 24.6 Å². The molecule has 2 aromatic carbocycles. The fourth-order valence-electron chi connectivity index (χ4n) is 2.76. The third-order valence-corrected chi connectivity index (χ3v) is 4.86. The first-order valence-corrected chi connectivity index (χ1v) is 10.0. The van der Waals surface area contributed by atoms with Crippen LogP contribution in [0.4, 0.5) is 14.9 Å². The zero-order valence-electron chi connectivity index (χ0n) is 16.9. The van der Waals surface area contributed by atoms with Crippen LogP contribution >= 0.6 is 11.6 Å². The van der Waals surface area contributed by atoms with Gasteiger partial charge >= 0.3 is 6.03 Å². The number of nitrogens with zero attached hydrogens (tertiary/aromatic N) is 1. The van der Waals surface area contributed by atoms with E-state index >= 15 is 0 Å². The highest BCUT2D eigenvalue weighted by molar-refractivity contribution is 6.32. The molecule has 0 saturated carbocycles. The first-order chi connectivity index (χ1) is 14.8. The molecule has 1 atom stereocenters. The summed E-state index contributed by atoms with van der Waals surface area (Å²) in [6.45, 7) is 3.44. The van der Waals surface area contributed by atoms with Gasteiger partial charge in [0.2, 0.25) is 5.91 Å². The molecule has 0 aliphatic carbocycles. The van der Waals surface area contributed by atoms with Crippen molar-refractivity contribution in [1.29, 1.82) is 0 Å². The average molecular weight is 446 g/mol. The summed E-state index contributed by atoms with van der Waals surface area (Å²) in [5, 5.41) is 5.33. The van der Waals surface area contributed by atoms with Gasteiger partial charge in [-0.2, -0.15) is 0 Å². The van der Waals surface area contributed by atoms with Crippen molar-refractivity contribution < 1.29 is 23.5 Å². The summed E-state index contributed by atoms with van der Waals surface area (Å²) in [5.74, 6) is -1.15. The lowest BCUT2D eigenvalue weighted by atomic mass is 10.1. The Hall–Kier alpha value is -3.39. The Morgan fingerprint density at radius 3 is 2.61 bits per heavy atom. The third kappa shape index (κ3) is 5.61. The van der Waals surface area contributed by atoms with E-state index in [4.69, 9.17) is 16.3 Å². The second kappa shape index (κ2) is 9.61. The fraction of sp³-hybridized carbons (Fsp3) is 0.227. The van der Waals surface area contributed by atoms with E-state index in [0.717, 1.165) is 11.3 Å². The van der Waals surface area contributed by atoms with Crippen molar-refractivity contribution in [2.45, 2.75) is 26.4 Å². The summed E-state index contributed by atoms with van der Waals surface area (Å²) in [6.07, 6.45) is 2.30. The minimum Gasteiger partial charge on any atom is -0.489 e. The van der Waals surface area contributed by atoms with Gasteiger partial charge < -0.3 is 15.4 Å². The van der Waals surface area contributed by atoms with E-state index in [-0.39, 0.29) is 11.8 Å². The van der Waals surface area contributed by atoms with E-state index in [1.165, 1.54) is 30.3 Å². The highest BCUT2D eigenvalue weighted by Crippen LogP contribution is 2.28. The van der Waals surface area contributed by atoms with Crippen LogP contribution in [-0.4, -0.2) is 35.4 Å². The maximum Gasteiger partial charge on any atom is 0.329 e. The first-order valence-electron chi connectivity index (χ1n) is 9.63. The van der Waals surface area contributed by atoms with Crippen molar-refractivity contribution in [3.63, 3.8) is 0 Å². The molecule has 0 aromatic heterocycles. The number of carbonyl (C=O) groups is 3. The Balaban J connectivity index is 1.67. The molecule has 3 rings (SSSR count). The Morgan fingerprint density at radius 1 is 1.26 bits per heavy atom. The van der Waals surface area contributed by atoms with Crippen LogP contribution in [0.5, 0.6) is 5.75 Å². The molecule has 162 valence electrons. The minimum absolute atomic E-state index is 0.00650. The lowest BCUT2D eigenvalue weighted by molar-refractivity contribution is -0.127. The SMILES string of the molecule is CC[C@H](C)Oc1ccc(/C=C2\NC(=O)N(CC(=O)Nc3ccc(F)cc3)C2=O)cc1Cl. The van der Waals surface area contributed by atoms with Crippen molar-refractivity contribution in [2.24, 2.45) is 0 Å². The van der Waals surface area contributed by atoms with Crippen LogP contribution in [0.25, 0.3) is 6.08 Å². The summed E-state index contributed by atoms with van der Waals surface area (Å²) in [5.41, 5.74) is 0.956. The highest BCUT2D eigenvalue weighted by atomic mass is 35.5. The van der Waals surface area contributed by atoms with E-state index in [2.05, 4.69) is 10.6 Å². The Kier molecular flexibility index (Phi) is 6.91. The van der Waals surface area contributed by atoms with E-state index < -0.39 is 30.2 Å². The molecule has 1 aliphatic heterocycles. The van der Waals surface area contributed by atoms with Gasteiger partial charge in [0.05, 0.1) is 11.1 Å². The standard InChI is InChI=1S/C22H21ClFN3O4/c1-3-13(2)31-19-9-4-14(10-17(19)23)11-18-21(29)27(22(30)26-18)12-20(28)25-16-7-5-15(24)6-8-16/h4-11,13H,3,12H2,1-2H3,(H,25,28)(H,26,30)/b18-11-/t13-/m0/s1. The van der Waals surface area contributed by atoms with Crippen molar-refractivity contribution in [1.82, 2.24) is 10.2 Å². The van der Waals surface area contributed by atoms with Crippen LogP contribution in [0.15, 0.2) is 48.2 Å². The molecule has 4 amide bonds. The zero-order valence-corrected chi connectivity index (χ0v) is 17.7.